The molecule has 0 aliphatic heterocycles. The number of hydrogen-bond donors (Lipinski definition) is 1. The zero-order valence-corrected chi connectivity index (χ0v) is 18.0. The molecule has 0 unspecified atom stereocenters. The lowest BCUT2D eigenvalue weighted by Crippen LogP contribution is -2.04. The van der Waals surface area contributed by atoms with Crippen molar-refractivity contribution >= 4 is 11.7 Å². The van der Waals surface area contributed by atoms with E-state index in [0.717, 1.165) is 47.4 Å². The second-order valence-corrected chi connectivity index (χ2v) is 7.35. The largest absolute Gasteiger partial charge is 0.489 e. The number of hydrazone groups is 1. The lowest BCUT2D eigenvalue weighted by Gasteiger charge is -2.14. The third-order valence-corrected chi connectivity index (χ3v) is 5.20. The minimum absolute atomic E-state index is 0.319. The number of esters is 1. The van der Waals surface area contributed by atoms with Crippen LogP contribution in [0.3, 0.4) is 0 Å². The smallest absolute Gasteiger partial charge is 0.337 e. The van der Waals surface area contributed by atoms with Gasteiger partial charge in [0, 0.05) is 0 Å². The number of nitrogens with zero attached hydrogens (tertiary/aromatic N) is 1. The Labute approximate surface area is 183 Å². The summed E-state index contributed by atoms with van der Waals surface area (Å²) in [5.74, 6) is 6.02. The molecule has 0 atom stereocenters. The van der Waals surface area contributed by atoms with Crippen molar-refractivity contribution in [3.63, 3.8) is 0 Å². The number of methoxy groups -OCH3 is 1. The van der Waals surface area contributed by atoms with E-state index in [1.54, 1.807) is 12.1 Å². The standard InChI is InChI=1S/C26H28N2O3/c1-19(28-27)23-15-16-25(31-18-21-7-4-3-5-8-21)24(17-23)10-6-9-20-11-13-22(14-12-20)26(29)30-2/h3-5,7-8,11-17H,6,9-10,18,27H2,1-2H3/b28-19+. The first kappa shape index (κ1) is 22.1. The molecule has 5 nitrogen and oxygen atoms in total. The summed E-state index contributed by atoms with van der Waals surface area (Å²) in [5.41, 5.74) is 5.77. The van der Waals surface area contributed by atoms with Crippen molar-refractivity contribution < 1.29 is 14.3 Å². The van der Waals surface area contributed by atoms with Crippen LogP contribution in [-0.2, 0) is 24.2 Å². The van der Waals surface area contributed by atoms with Crippen LogP contribution < -0.4 is 10.6 Å². The molecule has 0 aromatic heterocycles. The lowest BCUT2D eigenvalue weighted by molar-refractivity contribution is 0.0600. The van der Waals surface area contributed by atoms with Gasteiger partial charge in [-0.1, -0.05) is 42.5 Å². The highest BCUT2D eigenvalue weighted by atomic mass is 16.5. The molecule has 3 aromatic carbocycles. The number of carbonyl (C=O) groups excluding carboxylic acids is 1. The predicted molar refractivity (Wildman–Crippen MR) is 123 cm³/mol. The third-order valence-electron chi connectivity index (χ3n) is 5.20. The van der Waals surface area contributed by atoms with E-state index in [1.807, 2.05) is 49.4 Å². The number of ether oxygens (including phenoxy) is 2. The molecule has 5 heteroatoms. The molecule has 0 spiro atoms. The van der Waals surface area contributed by atoms with E-state index in [-0.39, 0.29) is 5.97 Å². The van der Waals surface area contributed by atoms with E-state index < -0.39 is 0 Å². The highest BCUT2D eigenvalue weighted by Crippen LogP contribution is 2.24. The highest BCUT2D eigenvalue weighted by molar-refractivity contribution is 5.98. The molecule has 3 rings (SSSR count). The molecular formula is C26H28N2O3. The number of nitrogens with two attached hydrogens (primary N) is 1. The van der Waals surface area contributed by atoms with Gasteiger partial charge in [-0.25, -0.2) is 4.79 Å². The van der Waals surface area contributed by atoms with Gasteiger partial charge in [-0.05, 0) is 78.8 Å². The van der Waals surface area contributed by atoms with Crippen molar-refractivity contribution in [2.45, 2.75) is 32.8 Å². The van der Waals surface area contributed by atoms with Gasteiger partial charge >= 0.3 is 5.97 Å². The Bertz CT molecular complexity index is 1030. The molecule has 3 aromatic rings. The molecule has 31 heavy (non-hydrogen) atoms. The summed E-state index contributed by atoms with van der Waals surface area (Å²) < 4.78 is 10.9. The SMILES string of the molecule is COC(=O)c1ccc(CCCc2cc(/C(C)=N/N)ccc2OCc2ccccc2)cc1. The average Bonchev–Trinajstić information content (AvgIpc) is 2.83. The fraction of sp³-hybridized carbons (Fsp3) is 0.231. The van der Waals surface area contributed by atoms with Gasteiger partial charge in [0.1, 0.15) is 12.4 Å². The summed E-state index contributed by atoms with van der Waals surface area (Å²) in [6.07, 6.45) is 2.70. The maximum atomic E-state index is 11.6. The van der Waals surface area contributed by atoms with Crippen LogP contribution in [0.1, 0.15) is 46.0 Å². The molecule has 0 bridgehead atoms. The van der Waals surface area contributed by atoms with E-state index in [2.05, 4.69) is 23.3 Å². The molecule has 0 saturated heterocycles. The number of benzene rings is 3. The van der Waals surface area contributed by atoms with Crippen LogP contribution in [0.4, 0.5) is 0 Å². The normalized spacial score (nSPS) is 11.2. The molecule has 0 fully saturated rings. The van der Waals surface area contributed by atoms with Crippen molar-refractivity contribution in [2.75, 3.05) is 7.11 Å². The molecule has 0 radical (unpaired) electrons. The van der Waals surface area contributed by atoms with Gasteiger partial charge in [0.2, 0.25) is 0 Å². The van der Waals surface area contributed by atoms with E-state index in [4.69, 9.17) is 15.3 Å². The van der Waals surface area contributed by atoms with Crippen molar-refractivity contribution in [1.82, 2.24) is 0 Å². The van der Waals surface area contributed by atoms with Crippen LogP contribution >= 0.6 is 0 Å². The van der Waals surface area contributed by atoms with Crippen molar-refractivity contribution in [3.05, 3.63) is 101 Å². The maximum absolute atomic E-state index is 11.6. The van der Waals surface area contributed by atoms with Gasteiger partial charge in [0.25, 0.3) is 0 Å². The van der Waals surface area contributed by atoms with Crippen LogP contribution in [0.25, 0.3) is 0 Å². The van der Waals surface area contributed by atoms with Gasteiger partial charge < -0.3 is 15.3 Å². The molecule has 0 heterocycles. The van der Waals surface area contributed by atoms with Gasteiger partial charge in [-0.15, -0.1) is 0 Å². The van der Waals surface area contributed by atoms with Crippen LogP contribution in [-0.4, -0.2) is 18.8 Å². The topological polar surface area (TPSA) is 73.9 Å². The summed E-state index contributed by atoms with van der Waals surface area (Å²) in [5, 5.41) is 3.82. The van der Waals surface area contributed by atoms with E-state index in [9.17, 15) is 4.79 Å². The van der Waals surface area contributed by atoms with Crippen LogP contribution in [0.2, 0.25) is 0 Å². The lowest BCUT2D eigenvalue weighted by atomic mass is 9.99. The number of hydrogen-bond acceptors (Lipinski definition) is 5. The first-order valence-electron chi connectivity index (χ1n) is 10.3. The average molecular weight is 417 g/mol. The zero-order valence-electron chi connectivity index (χ0n) is 18.0. The quantitative estimate of drug-likeness (QED) is 0.233. The highest BCUT2D eigenvalue weighted by Gasteiger charge is 2.09. The summed E-state index contributed by atoms with van der Waals surface area (Å²) in [6, 6.07) is 23.8. The fourth-order valence-electron chi connectivity index (χ4n) is 3.36. The Kier molecular flexibility index (Phi) is 7.82. The monoisotopic (exact) mass is 416 g/mol. The first-order valence-corrected chi connectivity index (χ1v) is 10.3. The second-order valence-electron chi connectivity index (χ2n) is 7.35. The van der Waals surface area contributed by atoms with Gasteiger partial charge in [-0.3, -0.25) is 0 Å². The van der Waals surface area contributed by atoms with Crippen molar-refractivity contribution in [2.24, 2.45) is 10.9 Å². The van der Waals surface area contributed by atoms with Crippen molar-refractivity contribution in [3.8, 4) is 5.75 Å². The molecule has 0 amide bonds. The number of rotatable bonds is 9. The van der Waals surface area contributed by atoms with Crippen molar-refractivity contribution in [1.29, 1.82) is 0 Å². The molecule has 0 saturated carbocycles. The Morgan fingerprint density at radius 2 is 1.61 bits per heavy atom. The van der Waals surface area contributed by atoms with Crippen LogP contribution in [0.15, 0.2) is 77.9 Å². The summed E-state index contributed by atoms with van der Waals surface area (Å²) in [4.78, 5) is 11.6. The summed E-state index contributed by atoms with van der Waals surface area (Å²) >= 11 is 0. The first-order chi connectivity index (χ1) is 15.1. The van der Waals surface area contributed by atoms with Crippen LogP contribution in [0, 0.1) is 0 Å². The Morgan fingerprint density at radius 1 is 0.903 bits per heavy atom. The van der Waals surface area contributed by atoms with E-state index >= 15 is 0 Å². The summed E-state index contributed by atoms with van der Waals surface area (Å²) in [7, 11) is 1.39. The maximum Gasteiger partial charge on any atom is 0.337 e. The predicted octanol–water partition coefficient (Wildman–Crippen LogP) is 4.91. The van der Waals surface area contributed by atoms with E-state index in [1.165, 1.54) is 12.7 Å². The molecule has 2 N–H and O–H groups in total. The Hall–Kier alpha value is -3.60. The third kappa shape index (κ3) is 6.19. The molecule has 0 aliphatic rings. The molecule has 160 valence electrons. The van der Waals surface area contributed by atoms with Crippen LogP contribution in [0.5, 0.6) is 5.75 Å². The zero-order chi connectivity index (χ0) is 22.1. The van der Waals surface area contributed by atoms with Gasteiger partial charge in [0.05, 0.1) is 18.4 Å². The van der Waals surface area contributed by atoms with E-state index in [0.29, 0.717) is 12.2 Å². The second kappa shape index (κ2) is 11.0. The number of aryl methyl sites for hydroxylation is 2. The summed E-state index contributed by atoms with van der Waals surface area (Å²) in [6.45, 7) is 2.42. The molecular weight excluding hydrogens is 388 g/mol. The minimum Gasteiger partial charge on any atom is -0.489 e. The van der Waals surface area contributed by atoms with Gasteiger partial charge in [-0.2, -0.15) is 5.10 Å². The van der Waals surface area contributed by atoms with Gasteiger partial charge in [0.15, 0.2) is 0 Å². The minimum atomic E-state index is -0.319. The fourth-order valence-corrected chi connectivity index (χ4v) is 3.36. The number of carbonyl (C=O) groups is 1. The molecule has 0 aliphatic carbocycles. The Morgan fingerprint density at radius 3 is 2.29 bits per heavy atom. The Balaban J connectivity index is 1.69.